The number of hydrogen-bond donors (Lipinski definition) is 2. The minimum atomic E-state index is -1.49. The first-order valence-electron chi connectivity index (χ1n) is 7.37. The van der Waals surface area contributed by atoms with E-state index in [0.717, 1.165) is 12.0 Å². The maximum absolute atomic E-state index is 11.2. The highest BCUT2D eigenvalue weighted by Crippen LogP contribution is 2.43. The number of aliphatic imine (C=N–C) groups is 1. The summed E-state index contributed by atoms with van der Waals surface area (Å²) < 4.78 is 0. The van der Waals surface area contributed by atoms with Crippen LogP contribution in [0.3, 0.4) is 0 Å². The second-order valence-corrected chi connectivity index (χ2v) is 6.02. The lowest BCUT2D eigenvalue weighted by Crippen LogP contribution is -2.39. The van der Waals surface area contributed by atoms with Crippen LogP contribution in [0.2, 0.25) is 5.02 Å². The van der Waals surface area contributed by atoms with Crippen LogP contribution in [0.25, 0.3) is 0 Å². The molecule has 0 saturated heterocycles. The lowest BCUT2D eigenvalue weighted by Gasteiger charge is -2.25. The maximum atomic E-state index is 11.2. The molecule has 0 amide bonds. The zero-order chi connectivity index (χ0) is 16.6. The Morgan fingerprint density at radius 1 is 1.30 bits per heavy atom. The number of fused-ring (bicyclic) bond motifs is 1. The van der Waals surface area contributed by atoms with E-state index in [9.17, 15) is 5.11 Å². The van der Waals surface area contributed by atoms with Gasteiger partial charge in [0.1, 0.15) is 5.84 Å². The van der Waals surface area contributed by atoms with E-state index in [2.05, 4.69) is 11.1 Å². The summed E-state index contributed by atoms with van der Waals surface area (Å²) in [4.78, 5) is 4.25. The first kappa shape index (κ1) is 15.5. The Morgan fingerprint density at radius 3 is 2.61 bits per heavy atom. The zero-order valence-corrected chi connectivity index (χ0v) is 13.4. The third kappa shape index (κ3) is 2.39. The van der Waals surface area contributed by atoms with Gasteiger partial charge in [0.15, 0.2) is 5.60 Å². The molecule has 5 heteroatoms. The summed E-state index contributed by atoms with van der Waals surface area (Å²) in [5.41, 5.74) is 7.22. The molecule has 1 aliphatic heterocycles. The molecule has 23 heavy (non-hydrogen) atoms. The molecule has 0 aromatic heterocycles. The number of amidine groups is 1. The average Bonchev–Trinajstić information content (AvgIpc) is 2.81. The molecule has 0 aliphatic carbocycles. The van der Waals surface area contributed by atoms with Crippen molar-refractivity contribution in [1.29, 1.82) is 5.26 Å². The maximum Gasteiger partial charge on any atom is 0.174 e. The number of rotatable bonds is 3. The van der Waals surface area contributed by atoms with Gasteiger partial charge in [0, 0.05) is 10.6 Å². The summed E-state index contributed by atoms with van der Waals surface area (Å²) in [6, 6.07) is 14.7. The van der Waals surface area contributed by atoms with Crippen molar-refractivity contribution in [2.24, 2.45) is 10.7 Å². The number of nitriles is 1. The molecule has 0 radical (unpaired) electrons. The van der Waals surface area contributed by atoms with E-state index in [4.69, 9.17) is 22.6 Å². The van der Waals surface area contributed by atoms with Crippen LogP contribution < -0.4 is 5.73 Å². The van der Waals surface area contributed by atoms with Crippen molar-refractivity contribution < 1.29 is 5.11 Å². The van der Waals surface area contributed by atoms with Crippen molar-refractivity contribution in [3.8, 4) is 6.07 Å². The summed E-state index contributed by atoms with van der Waals surface area (Å²) >= 11 is 6.05. The number of halogens is 1. The van der Waals surface area contributed by atoms with Gasteiger partial charge in [-0.1, -0.05) is 42.8 Å². The predicted octanol–water partition coefficient (Wildman–Crippen LogP) is 3.60. The Hall–Kier alpha value is -2.35. The summed E-state index contributed by atoms with van der Waals surface area (Å²) in [5.74, 6) is -0.0372. The average molecular weight is 326 g/mol. The lowest BCUT2D eigenvalue weighted by atomic mass is 9.85. The molecular formula is C18H16ClN3O. The minimum absolute atomic E-state index is 0.120. The highest BCUT2D eigenvalue weighted by atomic mass is 35.5. The van der Waals surface area contributed by atoms with Gasteiger partial charge in [0.05, 0.1) is 17.7 Å². The molecule has 1 aliphatic rings. The fourth-order valence-electron chi connectivity index (χ4n) is 2.91. The van der Waals surface area contributed by atoms with Crippen LogP contribution in [0.5, 0.6) is 0 Å². The molecule has 1 heterocycles. The highest BCUT2D eigenvalue weighted by molar-refractivity contribution is 6.30. The van der Waals surface area contributed by atoms with E-state index in [-0.39, 0.29) is 11.8 Å². The quantitative estimate of drug-likeness (QED) is 0.904. The van der Waals surface area contributed by atoms with Crippen LogP contribution in [-0.4, -0.2) is 10.9 Å². The standard InChI is InChI=1S/C18H16ClN3O/c1-2-11(10-20)12-3-5-13(6-4-12)18(23)15-9-14(19)7-8-16(15)22-17(18)21/h3-9,11,23H,2H2,1H3,(H2,21,22). The predicted molar refractivity (Wildman–Crippen MR) is 90.8 cm³/mol. The molecule has 0 saturated carbocycles. The van der Waals surface area contributed by atoms with Gasteiger partial charge in [-0.15, -0.1) is 0 Å². The van der Waals surface area contributed by atoms with Gasteiger partial charge in [-0.05, 0) is 35.7 Å². The minimum Gasteiger partial charge on any atom is -0.384 e. The molecule has 2 aromatic rings. The second-order valence-electron chi connectivity index (χ2n) is 5.58. The van der Waals surface area contributed by atoms with E-state index < -0.39 is 5.60 Å². The fraction of sp³-hybridized carbons (Fsp3) is 0.222. The third-order valence-electron chi connectivity index (χ3n) is 4.25. The highest BCUT2D eigenvalue weighted by Gasteiger charge is 2.42. The molecule has 0 spiro atoms. The largest absolute Gasteiger partial charge is 0.384 e. The van der Waals surface area contributed by atoms with Crippen molar-refractivity contribution in [2.75, 3.05) is 0 Å². The SMILES string of the molecule is CCC(C#N)c1ccc(C2(O)C(N)=Nc3ccc(Cl)cc32)cc1. The normalized spacial score (nSPS) is 20.5. The number of aliphatic hydroxyl groups is 1. The molecular weight excluding hydrogens is 310 g/mol. The van der Waals surface area contributed by atoms with Crippen LogP contribution in [0.1, 0.15) is 36.0 Å². The number of nitrogens with two attached hydrogens (primary N) is 1. The van der Waals surface area contributed by atoms with E-state index in [1.54, 1.807) is 30.3 Å². The van der Waals surface area contributed by atoms with Gasteiger partial charge in [-0.2, -0.15) is 5.26 Å². The molecule has 2 unspecified atom stereocenters. The number of nitrogens with zero attached hydrogens (tertiary/aromatic N) is 2. The molecule has 2 aromatic carbocycles. The summed E-state index contributed by atoms with van der Waals surface area (Å²) in [7, 11) is 0. The Labute approximate surface area is 139 Å². The van der Waals surface area contributed by atoms with Crippen LogP contribution in [0, 0.1) is 11.3 Å². The monoisotopic (exact) mass is 325 g/mol. The Kier molecular flexibility index (Phi) is 3.85. The topological polar surface area (TPSA) is 82.4 Å². The molecule has 0 bridgehead atoms. The molecule has 0 fully saturated rings. The van der Waals surface area contributed by atoms with E-state index in [1.807, 2.05) is 19.1 Å². The Bertz CT molecular complexity index is 823. The zero-order valence-electron chi connectivity index (χ0n) is 12.6. The van der Waals surface area contributed by atoms with Gasteiger partial charge >= 0.3 is 0 Å². The molecule has 3 rings (SSSR count). The summed E-state index contributed by atoms with van der Waals surface area (Å²) in [6.07, 6.45) is 0.738. The molecule has 4 nitrogen and oxygen atoms in total. The Balaban J connectivity index is 2.07. The first-order chi connectivity index (χ1) is 11.0. The van der Waals surface area contributed by atoms with Crippen LogP contribution >= 0.6 is 11.6 Å². The van der Waals surface area contributed by atoms with Crippen molar-refractivity contribution in [1.82, 2.24) is 0 Å². The van der Waals surface area contributed by atoms with Gasteiger partial charge in [0.2, 0.25) is 0 Å². The number of hydrogen-bond acceptors (Lipinski definition) is 4. The summed E-state index contributed by atoms with van der Waals surface area (Å²) in [6.45, 7) is 1.97. The lowest BCUT2D eigenvalue weighted by molar-refractivity contribution is 0.158. The summed E-state index contributed by atoms with van der Waals surface area (Å²) in [5, 5.41) is 20.8. The third-order valence-corrected chi connectivity index (χ3v) is 4.49. The molecule has 3 N–H and O–H groups in total. The van der Waals surface area contributed by atoms with Gasteiger partial charge in [0.25, 0.3) is 0 Å². The molecule has 116 valence electrons. The van der Waals surface area contributed by atoms with Crippen molar-refractivity contribution in [3.63, 3.8) is 0 Å². The van der Waals surface area contributed by atoms with E-state index in [0.29, 0.717) is 21.8 Å². The second kappa shape index (κ2) is 5.69. The molecule has 2 atom stereocenters. The van der Waals surface area contributed by atoms with Gasteiger partial charge < -0.3 is 10.8 Å². The first-order valence-corrected chi connectivity index (χ1v) is 7.75. The van der Waals surface area contributed by atoms with Crippen LogP contribution in [-0.2, 0) is 5.60 Å². The fourth-order valence-corrected chi connectivity index (χ4v) is 3.08. The van der Waals surface area contributed by atoms with Crippen molar-refractivity contribution >= 4 is 23.1 Å². The van der Waals surface area contributed by atoms with Gasteiger partial charge in [-0.25, -0.2) is 4.99 Å². The number of benzene rings is 2. The van der Waals surface area contributed by atoms with Crippen molar-refractivity contribution in [2.45, 2.75) is 24.9 Å². The van der Waals surface area contributed by atoms with E-state index in [1.165, 1.54) is 0 Å². The van der Waals surface area contributed by atoms with Gasteiger partial charge in [-0.3, -0.25) is 0 Å². The van der Waals surface area contributed by atoms with Crippen LogP contribution in [0.15, 0.2) is 47.5 Å². The van der Waals surface area contributed by atoms with Crippen LogP contribution in [0.4, 0.5) is 5.69 Å². The smallest absolute Gasteiger partial charge is 0.174 e. The van der Waals surface area contributed by atoms with Crippen molar-refractivity contribution in [3.05, 3.63) is 64.2 Å². The Morgan fingerprint density at radius 2 is 2.00 bits per heavy atom. The van der Waals surface area contributed by atoms with E-state index >= 15 is 0 Å².